The van der Waals surface area contributed by atoms with Gasteiger partial charge in [-0.15, -0.1) is 4.73 Å². The van der Waals surface area contributed by atoms with E-state index < -0.39 is 5.56 Å². The Morgan fingerprint density at radius 1 is 0.963 bits per heavy atom. The molecule has 2 heterocycles. The molecule has 0 atom stereocenters. The van der Waals surface area contributed by atoms with Gasteiger partial charge in [0.15, 0.2) is 5.65 Å². The minimum Gasteiger partial charge on any atom is -0.506 e. The Morgan fingerprint density at radius 2 is 1.70 bits per heavy atom. The molecule has 0 fully saturated rings. The molecule has 0 aliphatic carbocycles. The second-order valence-corrected chi connectivity index (χ2v) is 6.21. The summed E-state index contributed by atoms with van der Waals surface area (Å²) in [5.41, 5.74) is 8.10. The van der Waals surface area contributed by atoms with Crippen LogP contribution < -0.4 is 11.3 Å². The molecular formula is C21H17N3O3. The van der Waals surface area contributed by atoms with E-state index in [0.29, 0.717) is 16.8 Å². The lowest BCUT2D eigenvalue weighted by atomic mass is 10.0. The molecule has 0 saturated carbocycles. The van der Waals surface area contributed by atoms with Crippen LogP contribution in [0.3, 0.4) is 0 Å². The van der Waals surface area contributed by atoms with Crippen LogP contribution in [-0.2, 0) is 6.54 Å². The van der Waals surface area contributed by atoms with E-state index in [1.54, 1.807) is 36.5 Å². The van der Waals surface area contributed by atoms with E-state index >= 15 is 0 Å². The zero-order valence-corrected chi connectivity index (χ0v) is 14.3. The van der Waals surface area contributed by atoms with Crippen LogP contribution in [-0.4, -0.2) is 20.0 Å². The Hall–Kier alpha value is -3.64. The van der Waals surface area contributed by atoms with Crippen molar-refractivity contribution in [3.05, 3.63) is 82.8 Å². The van der Waals surface area contributed by atoms with Crippen LogP contribution in [0, 0.1) is 0 Å². The van der Waals surface area contributed by atoms with Gasteiger partial charge in [0.05, 0.1) is 10.9 Å². The van der Waals surface area contributed by atoms with Crippen molar-refractivity contribution in [1.29, 1.82) is 0 Å². The predicted molar refractivity (Wildman–Crippen MR) is 104 cm³/mol. The number of nitrogens with two attached hydrogens (primary N) is 1. The number of rotatable bonds is 3. The van der Waals surface area contributed by atoms with E-state index in [9.17, 15) is 15.1 Å². The van der Waals surface area contributed by atoms with E-state index in [1.807, 2.05) is 30.3 Å². The van der Waals surface area contributed by atoms with E-state index in [1.165, 1.54) is 0 Å². The molecule has 0 radical (unpaired) electrons. The Morgan fingerprint density at radius 3 is 2.44 bits per heavy atom. The zero-order chi connectivity index (χ0) is 19.0. The number of benzene rings is 2. The first-order chi connectivity index (χ1) is 13.1. The third-order valence-electron chi connectivity index (χ3n) is 4.52. The number of aromatic nitrogens is 2. The Labute approximate surface area is 154 Å². The highest BCUT2D eigenvalue weighted by molar-refractivity contribution is 5.92. The summed E-state index contributed by atoms with van der Waals surface area (Å²) in [4.78, 5) is 16.7. The van der Waals surface area contributed by atoms with E-state index in [-0.39, 0.29) is 22.3 Å². The quantitative estimate of drug-likeness (QED) is 0.488. The minimum atomic E-state index is -0.725. The summed E-state index contributed by atoms with van der Waals surface area (Å²) in [6.45, 7) is 0.411. The largest absolute Gasteiger partial charge is 0.506 e. The molecule has 27 heavy (non-hydrogen) atoms. The summed E-state index contributed by atoms with van der Waals surface area (Å²) in [6.07, 6.45) is 1.55. The van der Waals surface area contributed by atoms with Gasteiger partial charge in [0.1, 0.15) is 5.75 Å². The maximum Gasteiger partial charge on any atom is 0.296 e. The monoisotopic (exact) mass is 359 g/mol. The molecule has 4 rings (SSSR count). The molecule has 0 bridgehead atoms. The van der Waals surface area contributed by atoms with Crippen molar-refractivity contribution < 1.29 is 10.3 Å². The fraction of sp³-hybridized carbons (Fsp3) is 0.0476. The molecule has 4 N–H and O–H groups in total. The molecule has 2 aromatic carbocycles. The molecule has 134 valence electrons. The lowest BCUT2D eigenvalue weighted by Crippen LogP contribution is -2.21. The Kier molecular flexibility index (Phi) is 4.10. The maximum atomic E-state index is 12.5. The van der Waals surface area contributed by atoms with Crippen LogP contribution >= 0.6 is 0 Å². The molecular weight excluding hydrogens is 342 g/mol. The van der Waals surface area contributed by atoms with Crippen LogP contribution in [0.1, 0.15) is 5.56 Å². The van der Waals surface area contributed by atoms with E-state index in [2.05, 4.69) is 4.98 Å². The van der Waals surface area contributed by atoms with Crippen molar-refractivity contribution in [3.63, 3.8) is 0 Å². The van der Waals surface area contributed by atoms with Crippen molar-refractivity contribution in [3.8, 4) is 28.0 Å². The highest BCUT2D eigenvalue weighted by Gasteiger charge is 2.19. The first-order valence-electron chi connectivity index (χ1n) is 8.42. The van der Waals surface area contributed by atoms with Crippen LogP contribution in [0.15, 0.2) is 71.7 Å². The van der Waals surface area contributed by atoms with Gasteiger partial charge in [-0.3, -0.25) is 4.79 Å². The minimum absolute atomic E-state index is 0.00379. The van der Waals surface area contributed by atoms with Gasteiger partial charge in [-0.05, 0) is 28.8 Å². The molecule has 2 aromatic heterocycles. The lowest BCUT2D eigenvalue weighted by Gasteiger charge is -2.12. The van der Waals surface area contributed by atoms with Crippen molar-refractivity contribution in [2.24, 2.45) is 5.73 Å². The normalized spacial score (nSPS) is 11.0. The van der Waals surface area contributed by atoms with Crippen LogP contribution in [0.4, 0.5) is 0 Å². The number of fused-ring (bicyclic) bond motifs is 1. The summed E-state index contributed by atoms with van der Waals surface area (Å²) in [5.74, 6) is -0.212. The number of hydrogen-bond donors (Lipinski definition) is 3. The van der Waals surface area contributed by atoms with Crippen LogP contribution in [0.25, 0.3) is 33.3 Å². The first kappa shape index (κ1) is 16.8. The SMILES string of the molecule is NCc1cccc(-c2cnc3c(c2)c(O)c(-c2ccccc2)c(=O)n3O)c1. The van der Waals surface area contributed by atoms with E-state index in [0.717, 1.165) is 16.7 Å². The molecule has 6 nitrogen and oxygen atoms in total. The van der Waals surface area contributed by atoms with Gasteiger partial charge in [0, 0.05) is 18.3 Å². The van der Waals surface area contributed by atoms with Crippen molar-refractivity contribution in [2.45, 2.75) is 6.54 Å². The second kappa shape index (κ2) is 6.59. The standard InChI is InChI=1S/C21H17N3O3/c22-11-13-5-4-8-15(9-13)16-10-17-19(25)18(14-6-2-1-3-7-14)21(26)24(27)20(17)23-12-16/h1-10,12,25,27H,11,22H2. The predicted octanol–water partition coefficient (Wildman–Crippen LogP) is 3.13. The summed E-state index contributed by atoms with van der Waals surface area (Å²) in [7, 11) is 0. The number of nitrogens with zero attached hydrogens (tertiary/aromatic N) is 2. The van der Waals surface area contributed by atoms with Gasteiger partial charge in [-0.2, -0.15) is 0 Å². The summed E-state index contributed by atoms with van der Waals surface area (Å²) in [5, 5.41) is 21.4. The summed E-state index contributed by atoms with van der Waals surface area (Å²) < 4.78 is 0.470. The first-order valence-corrected chi connectivity index (χ1v) is 8.42. The summed E-state index contributed by atoms with van der Waals surface area (Å²) in [6, 6.07) is 18.1. The third kappa shape index (κ3) is 2.82. The van der Waals surface area contributed by atoms with Gasteiger partial charge in [0.25, 0.3) is 5.56 Å². The highest BCUT2D eigenvalue weighted by atomic mass is 16.5. The Balaban J connectivity index is 1.99. The fourth-order valence-corrected chi connectivity index (χ4v) is 3.14. The molecule has 0 amide bonds. The van der Waals surface area contributed by atoms with Crippen molar-refractivity contribution >= 4 is 11.0 Å². The van der Waals surface area contributed by atoms with Gasteiger partial charge < -0.3 is 16.0 Å². The van der Waals surface area contributed by atoms with Gasteiger partial charge in [-0.1, -0.05) is 48.5 Å². The molecule has 0 aliphatic heterocycles. The number of hydrogen-bond acceptors (Lipinski definition) is 5. The number of pyridine rings is 2. The topological polar surface area (TPSA) is 101 Å². The average Bonchev–Trinajstić information content (AvgIpc) is 2.73. The molecule has 0 unspecified atom stereocenters. The molecule has 6 heteroatoms. The smallest absolute Gasteiger partial charge is 0.296 e. The second-order valence-electron chi connectivity index (χ2n) is 6.21. The average molecular weight is 359 g/mol. The molecule has 0 saturated heterocycles. The van der Waals surface area contributed by atoms with Crippen molar-refractivity contribution in [1.82, 2.24) is 9.71 Å². The van der Waals surface area contributed by atoms with E-state index in [4.69, 9.17) is 5.73 Å². The van der Waals surface area contributed by atoms with Gasteiger partial charge >= 0.3 is 0 Å². The third-order valence-corrected chi connectivity index (χ3v) is 4.52. The highest BCUT2D eigenvalue weighted by Crippen LogP contribution is 2.34. The van der Waals surface area contributed by atoms with Crippen LogP contribution in [0.5, 0.6) is 5.75 Å². The molecule has 0 aliphatic rings. The van der Waals surface area contributed by atoms with Crippen molar-refractivity contribution in [2.75, 3.05) is 0 Å². The summed E-state index contributed by atoms with van der Waals surface area (Å²) >= 11 is 0. The molecule has 0 spiro atoms. The van der Waals surface area contributed by atoms with Gasteiger partial charge in [-0.25, -0.2) is 4.98 Å². The zero-order valence-electron chi connectivity index (χ0n) is 14.3. The number of aromatic hydroxyl groups is 1. The molecule has 4 aromatic rings. The maximum absolute atomic E-state index is 12.5. The van der Waals surface area contributed by atoms with Crippen LogP contribution in [0.2, 0.25) is 0 Å². The van der Waals surface area contributed by atoms with Gasteiger partial charge in [0.2, 0.25) is 0 Å². The lowest BCUT2D eigenvalue weighted by molar-refractivity contribution is 0.186. The Bertz CT molecular complexity index is 1200. The fourth-order valence-electron chi connectivity index (χ4n) is 3.14.